The number of carbonyl (C=O) groups is 1. The molecule has 36 heavy (non-hydrogen) atoms. The number of H-pyrrole nitrogens is 1. The zero-order chi connectivity index (χ0) is 25.4. The van der Waals surface area contributed by atoms with Crippen LogP contribution < -0.4 is 5.32 Å². The molecule has 2 N–H and O–H groups in total. The maximum absolute atomic E-state index is 14.6. The molecule has 0 aliphatic heterocycles. The summed E-state index contributed by atoms with van der Waals surface area (Å²) < 4.78 is 53.1. The molecular formula is C28H19F4N3O. The van der Waals surface area contributed by atoms with Crippen LogP contribution in [0.15, 0.2) is 84.9 Å². The predicted octanol–water partition coefficient (Wildman–Crippen LogP) is 7.62. The number of rotatable bonds is 4. The van der Waals surface area contributed by atoms with Crippen LogP contribution in [0.1, 0.15) is 21.5 Å². The van der Waals surface area contributed by atoms with Gasteiger partial charge in [-0.25, -0.2) is 9.37 Å². The molecule has 0 saturated heterocycles. The quantitative estimate of drug-likeness (QED) is 0.255. The highest BCUT2D eigenvalue weighted by molar-refractivity contribution is 6.05. The summed E-state index contributed by atoms with van der Waals surface area (Å²) in [6.45, 7) is 1.74. The molecule has 1 amide bonds. The van der Waals surface area contributed by atoms with Crippen molar-refractivity contribution in [1.29, 1.82) is 0 Å². The maximum atomic E-state index is 14.6. The summed E-state index contributed by atoms with van der Waals surface area (Å²) in [7, 11) is 0. The molecule has 0 aliphatic carbocycles. The van der Waals surface area contributed by atoms with Crippen molar-refractivity contribution < 1.29 is 22.4 Å². The first-order valence-electron chi connectivity index (χ1n) is 11.0. The third-order valence-electron chi connectivity index (χ3n) is 5.89. The molecule has 1 heterocycles. The number of para-hydroxylation sites is 2. The van der Waals surface area contributed by atoms with Crippen LogP contribution in [-0.4, -0.2) is 15.9 Å². The van der Waals surface area contributed by atoms with Gasteiger partial charge in [0.2, 0.25) is 0 Å². The normalized spacial score (nSPS) is 11.6. The van der Waals surface area contributed by atoms with Gasteiger partial charge in [0.25, 0.3) is 5.91 Å². The molecule has 0 aliphatic rings. The van der Waals surface area contributed by atoms with Crippen LogP contribution in [0.4, 0.5) is 23.2 Å². The van der Waals surface area contributed by atoms with E-state index in [1.54, 1.807) is 25.1 Å². The van der Waals surface area contributed by atoms with Crippen molar-refractivity contribution in [3.63, 3.8) is 0 Å². The van der Waals surface area contributed by atoms with Gasteiger partial charge >= 0.3 is 6.18 Å². The summed E-state index contributed by atoms with van der Waals surface area (Å²) in [6.07, 6.45) is -4.40. The Hall–Kier alpha value is -4.46. The number of aryl methyl sites for hydroxylation is 1. The number of benzene rings is 4. The van der Waals surface area contributed by atoms with E-state index in [1.807, 2.05) is 24.3 Å². The summed E-state index contributed by atoms with van der Waals surface area (Å²) in [4.78, 5) is 20.5. The van der Waals surface area contributed by atoms with Gasteiger partial charge in [0, 0.05) is 11.3 Å². The van der Waals surface area contributed by atoms with Gasteiger partial charge in [0.05, 0.1) is 22.2 Å². The molecule has 4 nitrogen and oxygen atoms in total. The Balaban J connectivity index is 1.37. The van der Waals surface area contributed by atoms with Crippen molar-refractivity contribution >= 4 is 22.6 Å². The Morgan fingerprint density at radius 2 is 1.61 bits per heavy atom. The van der Waals surface area contributed by atoms with Crippen molar-refractivity contribution in [3.05, 3.63) is 107 Å². The predicted molar refractivity (Wildman–Crippen MR) is 131 cm³/mol. The fourth-order valence-electron chi connectivity index (χ4n) is 4.01. The molecule has 0 atom stereocenters. The van der Waals surface area contributed by atoms with Gasteiger partial charge in [0.15, 0.2) is 0 Å². The van der Waals surface area contributed by atoms with Gasteiger partial charge in [-0.15, -0.1) is 0 Å². The number of aromatic nitrogens is 2. The Labute approximate surface area is 203 Å². The molecule has 0 unspecified atom stereocenters. The van der Waals surface area contributed by atoms with Crippen molar-refractivity contribution in [2.45, 2.75) is 13.1 Å². The minimum Gasteiger partial charge on any atom is -0.338 e. The van der Waals surface area contributed by atoms with Gasteiger partial charge in [-0.05, 0) is 72.1 Å². The second-order valence-electron chi connectivity index (χ2n) is 8.36. The minimum atomic E-state index is -4.40. The van der Waals surface area contributed by atoms with Crippen LogP contribution >= 0.6 is 0 Å². The number of hydrogen-bond donors (Lipinski definition) is 2. The fraction of sp³-hybridized carbons (Fsp3) is 0.0714. The van der Waals surface area contributed by atoms with Crippen molar-refractivity contribution in [3.8, 4) is 22.5 Å². The average molecular weight is 489 g/mol. The van der Waals surface area contributed by atoms with E-state index in [2.05, 4.69) is 15.3 Å². The Morgan fingerprint density at radius 1 is 0.889 bits per heavy atom. The Morgan fingerprint density at radius 3 is 2.31 bits per heavy atom. The van der Waals surface area contributed by atoms with Crippen molar-refractivity contribution in [2.75, 3.05) is 5.32 Å². The number of hydrogen-bond acceptors (Lipinski definition) is 2. The van der Waals surface area contributed by atoms with Crippen molar-refractivity contribution in [2.24, 2.45) is 0 Å². The standard InChI is InChI=1S/C28H19F4N3O/c1-16-14-18(17-6-9-19(10-7-17)28(30,31)32)8-12-21(16)27(36)33-20-11-13-23(29)22(15-20)26-34-24-4-2-3-5-25(24)35-26/h2-15H,1H3,(H,33,36)(H,34,35). The molecule has 5 rings (SSSR count). The zero-order valence-corrected chi connectivity index (χ0v) is 19.0. The Bertz CT molecular complexity index is 1550. The second kappa shape index (κ2) is 8.96. The van der Waals surface area contributed by atoms with Gasteiger partial charge < -0.3 is 10.3 Å². The molecule has 180 valence electrons. The minimum absolute atomic E-state index is 0.221. The first-order valence-corrected chi connectivity index (χ1v) is 11.0. The van der Waals surface area contributed by atoms with E-state index < -0.39 is 23.5 Å². The third kappa shape index (κ3) is 4.57. The van der Waals surface area contributed by atoms with Crippen LogP contribution in [0.3, 0.4) is 0 Å². The molecule has 5 aromatic rings. The molecule has 0 spiro atoms. The lowest BCUT2D eigenvalue weighted by Gasteiger charge is -2.12. The third-order valence-corrected chi connectivity index (χ3v) is 5.89. The first kappa shape index (κ1) is 23.3. The molecule has 0 saturated carbocycles. The second-order valence-corrected chi connectivity index (χ2v) is 8.36. The molecule has 8 heteroatoms. The summed E-state index contributed by atoms with van der Waals surface area (Å²) in [6, 6.07) is 21.5. The zero-order valence-electron chi connectivity index (χ0n) is 19.0. The molecule has 4 aromatic carbocycles. The van der Waals surface area contributed by atoms with Crippen LogP contribution in [0.25, 0.3) is 33.5 Å². The average Bonchev–Trinajstić information content (AvgIpc) is 3.29. The van der Waals surface area contributed by atoms with Crippen LogP contribution in [-0.2, 0) is 6.18 Å². The van der Waals surface area contributed by atoms with Gasteiger partial charge in [-0.2, -0.15) is 13.2 Å². The number of anilines is 1. The smallest absolute Gasteiger partial charge is 0.338 e. The lowest BCUT2D eigenvalue weighted by atomic mass is 9.98. The number of aromatic amines is 1. The molecule has 0 radical (unpaired) electrons. The SMILES string of the molecule is Cc1cc(-c2ccc(C(F)(F)F)cc2)ccc1C(=O)Nc1ccc(F)c(-c2nc3ccccc3[nH]2)c1. The number of amides is 1. The number of alkyl halides is 3. The van der Waals surface area contributed by atoms with Crippen LogP contribution in [0, 0.1) is 12.7 Å². The molecule has 0 bridgehead atoms. The summed E-state index contributed by atoms with van der Waals surface area (Å²) in [5.41, 5.74) is 3.68. The molecule has 0 fully saturated rings. The van der Waals surface area contributed by atoms with Crippen LogP contribution in [0.2, 0.25) is 0 Å². The van der Waals surface area contributed by atoms with E-state index in [-0.39, 0.29) is 5.56 Å². The maximum Gasteiger partial charge on any atom is 0.416 e. The van der Waals surface area contributed by atoms with Gasteiger partial charge in [-0.1, -0.05) is 36.4 Å². The van der Waals surface area contributed by atoms with E-state index in [4.69, 9.17) is 0 Å². The summed E-state index contributed by atoms with van der Waals surface area (Å²) in [5, 5.41) is 2.78. The monoisotopic (exact) mass is 489 g/mol. The fourth-order valence-corrected chi connectivity index (χ4v) is 4.01. The van der Waals surface area contributed by atoms with Gasteiger partial charge in [-0.3, -0.25) is 4.79 Å². The number of imidazole rings is 1. The van der Waals surface area contributed by atoms with E-state index in [1.165, 1.54) is 30.3 Å². The first-order chi connectivity index (χ1) is 17.2. The molecule has 1 aromatic heterocycles. The lowest BCUT2D eigenvalue weighted by molar-refractivity contribution is -0.137. The van der Waals surface area contributed by atoms with Crippen molar-refractivity contribution in [1.82, 2.24) is 9.97 Å². The Kier molecular flexibility index (Phi) is 5.80. The summed E-state index contributed by atoms with van der Waals surface area (Å²) in [5.74, 6) is -0.528. The summed E-state index contributed by atoms with van der Waals surface area (Å²) >= 11 is 0. The van der Waals surface area contributed by atoms with E-state index in [0.29, 0.717) is 39.3 Å². The van der Waals surface area contributed by atoms with Gasteiger partial charge in [0.1, 0.15) is 11.6 Å². The lowest BCUT2D eigenvalue weighted by Crippen LogP contribution is -2.13. The highest BCUT2D eigenvalue weighted by Crippen LogP contribution is 2.32. The number of halogens is 4. The molecular weight excluding hydrogens is 470 g/mol. The number of carbonyl (C=O) groups excluding carboxylic acids is 1. The number of nitrogens with one attached hydrogen (secondary N) is 2. The van der Waals surface area contributed by atoms with E-state index in [0.717, 1.165) is 17.6 Å². The van der Waals surface area contributed by atoms with E-state index >= 15 is 0 Å². The largest absolute Gasteiger partial charge is 0.416 e. The van der Waals surface area contributed by atoms with Crippen LogP contribution in [0.5, 0.6) is 0 Å². The highest BCUT2D eigenvalue weighted by atomic mass is 19.4. The van der Waals surface area contributed by atoms with E-state index in [9.17, 15) is 22.4 Å². The highest BCUT2D eigenvalue weighted by Gasteiger charge is 2.30. The number of nitrogens with zero attached hydrogens (tertiary/aromatic N) is 1. The number of fused-ring (bicyclic) bond motifs is 1. The topological polar surface area (TPSA) is 57.8 Å².